The average Bonchev–Trinajstić information content (AvgIpc) is 2.13. The van der Waals surface area contributed by atoms with Crippen LogP contribution in [-0.4, -0.2) is 0 Å². The fourth-order valence-electron chi connectivity index (χ4n) is 0.400. The molecular weight excluding hydrogens is 223 g/mol. The maximum atomic E-state index is 5.34. The summed E-state index contributed by atoms with van der Waals surface area (Å²) in [5.74, 6) is 0. The van der Waals surface area contributed by atoms with Crippen molar-refractivity contribution in [3.05, 3.63) is 30.3 Å². The Balaban J connectivity index is -0.000000144. The van der Waals surface area contributed by atoms with Gasteiger partial charge in [-0.1, -0.05) is 33.4 Å². The van der Waals surface area contributed by atoms with E-state index in [9.17, 15) is 0 Å². The Labute approximate surface area is 102 Å². The molecule has 0 fully saturated rings. The number of hydrogen-bond acceptors (Lipinski definition) is 1. The van der Waals surface area contributed by atoms with Gasteiger partial charge in [0.05, 0.1) is 0 Å². The van der Waals surface area contributed by atoms with Crippen molar-refractivity contribution in [3.63, 3.8) is 0 Å². The van der Waals surface area contributed by atoms with E-state index in [0.29, 0.717) is 0 Å². The molecule has 67 valence electrons. The first kappa shape index (κ1) is 18.0. The number of nitrogens with two attached hydrogens (primary N) is 1. The fourth-order valence-corrected chi connectivity index (χ4v) is 0.400. The van der Waals surface area contributed by atoms with Crippen molar-refractivity contribution in [2.24, 2.45) is 0 Å². The van der Waals surface area contributed by atoms with Gasteiger partial charge in [-0.05, 0) is 0 Å². The molecule has 0 spiro atoms. The monoisotopic (exact) mass is 241 g/mol. The van der Waals surface area contributed by atoms with Crippen molar-refractivity contribution >= 4 is 5.69 Å². The molecule has 0 aromatic heterocycles. The normalized spacial score (nSPS) is 6.00. The quantitative estimate of drug-likeness (QED) is 0.548. The zero-order chi connectivity index (χ0) is 9.11. The molecule has 0 atom stereocenters. The Morgan fingerprint density at radius 3 is 1.50 bits per heavy atom. The summed E-state index contributed by atoms with van der Waals surface area (Å²) < 4.78 is 0. The van der Waals surface area contributed by atoms with Crippen LogP contribution in [0.1, 0.15) is 27.7 Å². The Kier molecular flexibility index (Phi) is 25.9. The van der Waals surface area contributed by atoms with E-state index in [0.717, 1.165) is 5.69 Å². The molecule has 0 aliphatic heterocycles. The van der Waals surface area contributed by atoms with Crippen LogP contribution in [0.15, 0.2) is 24.3 Å². The molecule has 1 nitrogen and oxygen atoms in total. The standard InChI is InChI=1S/C6H6N.2C2H6.Y/c7-6-4-2-1-3-5-6;2*1-2;/h2-5H,7H2;2*1-2H3;/q-1;;;. The third-order valence-corrected chi connectivity index (χ3v) is 0.744. The van der Waals surface area contributed by atoms with E-state index < -0.39 is 0 Å². The molecule has 1 aromatic carbocycles. The number of nitrogen functional groups attached to an aromatic ring is 1. The molecule has 2 heteroatoms. The first-order chi connectivity index (χ1) is 5.39. The molecule has 0 saturated heterocycles. The van der Waals surface area contributed by atoms with E-state index in [-0.39, 0.29) is 32.7 Å². The first-order valence-corrected chi connectivity index (χ1v) is 4.11. The summed E-state index contributed by atoms with van der Waals surface area (Å²) in [7, 11) is 0. The van der Waals surface area contributed by atoms with Gasteiger partial charge in [0, 0.05) is 32.7 Å². The summed E-state index contributed by atoms with van der Waals surface area (Å²) in [4.78, 5) is 0. The minimum absolute atomic E-state index is 0. The van der Waals surface area contributed by atoms with Gasteiger partial charge >= 0.3 is 0 Å². The average molecular weight is 241 g/mol. The maximum Gasteiger partial charge on any atom is 0 e. The number of anilines is 1. The molecule has 0 heterocycles. The van der Waals surface area contributed by atoms with E-state index in [1.807, 2.05) is 27.7 Å². The van der Waals surface area contributed by atoms with Crippen LogP contribution in [-0.2, 0) is 32.7 Å². The van der Waals surface area contributed by atoms with Crippen LogP contribution < -0.4 is 5.73 Å². The molecule has 2 N–H and O–H groups in total. The van der Waals surface area contributed by atoms with Crippen LogP contribution in [0.4, 0.5) is 5.69 Å². The van der Waals surface area contributed by atoms with Gasteiger partial charge in [0.1, 0.15) is 0 Å². The number of hydrogen-bond donors (Lipinski definition) is 1. The molecule has 0 aliphatic carbocycles. The van der Waals surface area contributed by atoms with Gasteiger partial charge in [-0.3, -0.25) is 0 Å². The van der Waals surface area contributed by atoms with Gasteiger partial charge in [0.2, 0.25) is 0 Å². The van der Waals surface area contributed by atoms with Gasteiger partial charge in [0.25, 0.3) is 0 Å². The third-order valence-electron chi connectivity index (χ3n) is 0.744. The molecule has 1 aromatic rings. The van der Waals surface area contributed by atoms with Crippen molar-refractivity contribution in [1.29, 1.82) is 0 Å². The molecule has 0 saturated carbocycles. The molecular formula is C10H18NY-. The number of rotatable bonds is 0. The van der Waals surface area contributed by atoms with Crippen LogP contribution in [0.25, 0.3) is 0 Å². The third kappa shape index (κ3) is 12.8. The summed E-state index contributed by atoms with van der Waals surface area (Å²) in [6.45, 7) is 8.00. The smallest absolute Gasteiger partial charge is 0 e. The Morgan fingerprint density at radius 2 is 1.33 bits per heavy atom. The second-order valence-electron chi connectivity index (χ2n) is 1.33. The summed E-state index contributed by atoms with van der Waals surface area (Å²) in [6.07, 6.45) is 0. The van der Waals surface area contributed by atoms with E-state index in [4.69, 9.17) is 5.73 Å². The molecule has 1 radical (unpaired) electrons. The van der Waals surface area contributed by atoms with E-state index in [1.165, 1.54) is 0 Å². The van der Waals surface area contributed by atoms with E-state index >= 15 is 0 Å². The minimum atomic E-state index is 0. The fraction of sp³-hybridized carbons (Fsp3) is 0.400. The van der Waals surface area contributed by atoms with Crippen molar-refractivity contribution < 1.29 is 32.7 Å². The first-order valence-electron chi connectivity index (χ1n) is 4.11. The predicted molar refractivity (Wildman–Crippen MR) is 52.4 cm³/mol. The van der Waals surface area contributed by atoms with Gasteiger partial charge in [-0.25, -0.2) is 0 Å². The minimum Gasteiger partial charge on any atom is -0.419 e. The summed E-state index contributed by atoms with van der Waals surface area (Å²) in [5, 5.41) is 0. The van der Waals surface area contributed by atoms with Gasteiger partial charge in [0.15, 0.2) is 0 Å². The zero-order valence-corrected chi connectivity index (χ0v) is 11.3. The van der Waals surface area contributed by atoms with Crippen LogP contribution in [0, 0.1) is 6.07 Å². The van der Waals surface area contributed by atoms with Gasteiger partial charge in [-0.2, -0.15) is 18.2 Å². The van der Waals surface area contributed by atoms with Crippen LogP contribution in [0.3, 0.4) is 0 Å². The Morgan fingerprint density at radius 1 is 1.00 bits per heavy atom. The van der Waals surface area contributed by atoms with Crippen molar-refractivity contribution in [2.45, 2.75) is 27.7 Å². The van der Waals surface area contributed by atoms with Gasteiger partial charge < -0.3 is 5.73 Å². The Bertz CT molecular complexity index is 140. The number of benzene rings is 1. The molecule has 0 amide bonds. The summed E-state index contributed by atoms with van der Waals surface area (Å²) in [6, 6.07) is 10.0. The molecule has 0 bridgehead atoms. The molecule has 12 heavy (non-hydrogen) atoms. The van der Waals surface area contributed by atoms with Crippen molar-refractivity contribution in [2.75, 3.05) is 5.73 Å². The topological polar surface area (TPSA) is 26.0 Å². The second-order valence-corrected chi connectivity index (χ2v) is 1.33. The zero-order valence-electron chi connectivity index (χ0n) is 8.46. The SMILES string of the molecule is CC.CC.Nc1cc[c-]cc1.[Y]. The second kappa shape index (κ2) is 17.3. The molecule has 0 aliphatic rings. The van der Waals surface area contributed by atoms with Gasteiger partial charge in [-0.15, -0.1) is 12.1 Å². The van der Waals surface area contributed by atoms with Crippen molar-refractivity contribution in [3.8, 4) is 0 Å². The Hall–Kier alpha value is 0.124. The van der Waals surface area contributed by atoms with Crippen LogP contribution >= 0.6 is 0 Å². The summed E-state index contributed by atoms with van der Waals surface area (Å²) >= 11 is 0. The predicted octanol–water partition coefficient (Wildman–Crippen LogP) is 3.12. The molecule has 0 unspecified atom stereocenters. The largest absolute Gasteiger partial charge is 0.419 e. The molecule has 1 rings (SSSR count). The van der Waals surface area contributed by atoms with Crippen molar-refractivity contribution in [1.82, 2.24) is 0 Å². The summed E-state index contributed by atoms with van der Waals surface area (Å²) in [5.41, 5.74) is 6.13. The van der Waals surface area contributed by atoms with E-state index in [2.05, 4.69) is 6.07 Å². The van der Waals surface area contributed by atoms with Crippen LogP contribution in [0.2, 0.25) is 0 Å². The maximum absolute atomic E-state index is 5.34. The van der Waals surface area contributed by atoms with Crippen LogP contribution in [0.5, 0.6) is 0 Å². The van der Waals surface area contributed by atoms with E-state index in [1.54, 1.807) is 24.3 Å².